The van der Waals surface area contributed by atoms with E-state index in [0.717, 1.165) is 36.8 Å². The molecule has 4 N–H and O–H groups in total. The Kier molecular flexibility index (Phi) is 4.94. The molecule has 5 heteroatoms. The summed E-state index contributed by atoms with van der Waals surface area (Å²) < 4.78 is 0. The number of nitrogens with two attached hydrogens (primary N) is 1. The molecule has 2 unspecified atom stereocenters. The summed E-state index contributed by atoms with van der Waals surface area (Å²) in [4.78, 5) is 24.6. The highest BCUT2D eigenvalue weighted by Crippen LogP contribution is 2.34. The van der Waals surface area contributed by atoms with Crippen LogP contribution in [0.4, 0.5) is 0 Å². The molecule has 2 aromatic carbocycles. The molecule has 2 aliphatic carbocycles. The molecule has 0 aliphatic heterocycles. The van der Waals surface area contributed by atoms with Crippen molar-refractivity contribution in [1.29, 1.82) is 0 Å². The minimum absolute atomic E-state index is 0.108. The quantitative estimate of drug-likeness (QED) is 0.727. The summed E-state index contributed by atoms with van der Waals surface area (Å²) in [5, 5.41) is 5.70. The van der Waals surface area contributed by atoms with Crippen molar-refractivity contribution in [1.82, 2.24) is 10.6 Å². The van der Waals surface area contributed by atoms with Crippen LogP contribution in [-0.2, 0) is 29.0 Å². The van der Waals surface area contributed by atoms with Crippen molar-refractivity contribution in [2.75, 3.05) is 6.54 Å². The van der Waals surface area contributed by atoms with Crippen molar-refractivity contribution in [2.45, 2.75) is 44.2 Å². The van der Waals surface area contributed by atoms with Gasteiger partial charge in [-0.1, -0.05) is 42.5 Å². The summed E-state index contributed by atoms with van der Waals surface area (Å²) in [6.45, 7) is 1.02. The van der Waals surface area contributed by atoms with Crippen LogP contribution in [0, 0.1) is 0 Å². The van der Waals surface area contributed by atoms with E-state index in [4.69, 9.17) is 5.73 Å². The van der Waals surface area contributed by atoms with Gasteiger partial charge >= 0.3 is 11.8 Å². The zero-order valence-electron chi connectivity index (χ0n) is 15.3. The molecule has 0 fully saturated rings. The molecular weight excluding hydrogens is 338 g/mol. The van der Waals surface area contributed by atoms with Gasteiger partial charge in [0.25, 0.3) is 0 Å². The monoisotopic (exact) mass is 363 g/mol. The number of nitrogens with one attached hydrogen (secondary N) is 2. The molecule has 2 aliphatic rings. The van der Waals surface area contributed by atoms with Crippen molar-refractivity contribution in [2.24, 2.45) is 5.73 Å². The zero-order valence-corrected chi connectivity index (χ0v) is 15.3. The standard InChI is InChI=1S/C22H25N3O2/c23-12-14-8-9-19-15(10-14)5-3-7-20(19)25-22(27)21(26)24-13-17-11-16-4-1-2-6-18(16)17/h1-2,4,6,8-10,17,20H,3,5,7,11-13,23H2,(H,24,26)(H,25,27). The average Bonchev–Trinajstić information content (AvgIpc) is 2.68. The fourth-order valence-electron chi connectivity index (χ4n) is 4.21. The van der Waals surface area contributed by atoms with Crippen LogP contribution in [0.25, 0.3) is 0 Å². The summed E-state index contributed by atoms with van der Waals surface area (Å²) in [5.41, 5.74) is 11.7. The van der Waals surface area contributed by atoms with E-state index in [1.165, 1.54) is 16.7 Å². The molecule has 2 atom stereocenters. The molecule has 0 saturated carbocycles. The maximum absolute atomic E-state index is 12.4. The van der Waals surface area contributed by atoms with Gasteiger partial charge in [-0.2, -0.15) is 0 Å². The number of hydrogen-bond donors (Lipinski definition) is 3. The lowest BCUT2D eigenvalue weighted by atomic mass is 9.77. The number of rotatable bonds is 4. The normalized spacial score (nSPS) is 20.0. The number of aryl methyl sites for hydroxylation is 1. The van der Waals surface area contributed by atoms with Gasteiger partial charge in [-0.25, -0.2) is 0 Å². The van der Waals surface area contributed by atoms with Crippen LogP contribution in [0.3, 0.4) is 0 Å². The third kappa shape index (κ3) is 3.60. The second-order valence-electron chi connectivity index (χ2n) is 7.47. The van der Waals surface area contributed by atoms with Gasteiger partial charge in [-0.15, -0.1) is 0 Å². The summed E-state index contributed by atoms with van der Waals surface area (Å²) in [5.74, 6) is -0.795. The van der Waals surface area contributed by atoms with E-state index in [1.807, 2.05) is 24.3 Å². The SMILES string of the molecule is NCc1ccc2c(c1)CCCC2NC(=O)C(=O)NCC1Cc2ccccc21. The van der Waals surface area contributed by atoms with Crippen LogP contribution in [0.15, 0.2) is 42.5 Å². The van der Waals surface area contributed by atoms with Gasteiger partial charge < -0.3 is 16.4 Å². The van der Waals surface area contributed by atoms with E-state index < -0.39 is 11.8 Å². The van der Waals surface area contributed by atoms with Crippen LogP contribution >= 0.6 is 0 Å². The second kappa shape index (κ2) is 7.53. The lowest BCUT2D eigenvalue weighted by Gasteiger charge is -2.30. The predicted octanol–water partition coefficient (Wildman–Crippen LogP) is 2.09. The lowest BCUT2D eigenvalue weighted by Crippen LogP contribution is -2.44. The van der Waals surface area contributed by atoms with Gasteiger partial charge in [0.05, 0.1) is 6.04 Å². The third-order valence-corrected chi connectivity index (χ3v) is 5.74. The fourth-order valence-corrected chi connectivity index (χ4v) is 4.21. The number of fused-ring (bicyclic) bond motifs is 2. The van der Waals surface area contributed by atoms with E-state index in [1.54, 1.807) is 0 Å². The van der Waals surface area contributed by atoms with Crippen molar-refractivity contribution in [3.05, 3.63) is 70.3 Å². The van der Waals surface area contributed by atoms with E-state index >= 15 is 0 Å². The Labute approximate surface area is 159 Å². The lowest BCUT2D eigenvalue weighted by molar-refractivity contribution is -0.139. The molecule has 140 valence electrons. The Morgan fingerprint density at radius 3 is 2.70 bits per heavy atom. The molecule has 0 spiro atoms. The fraction of sp³-hybridized carbons (Fsp3) is 0.364. The molecule has 0 radical (unpaired) electrons. The third-order valence-electron chi connectivity index (χ3n) is 5.74. The Balaban J connectivity index is 1.34. The van der Waals surface area contributed by atoms with E-state index in [9.17, 15) is 9.59 Å². The van der Waals surface area contributed by atoms with Gasteiger partial charge in [0.2, 0.25) is 0 Å². The molecule has 2 aromatic rings. The molecule has 4 rings (SSSR count). The second-order valence-corrected chi connectivity index (χ2v) is 7.47. The van der Waals surface area contributed by atoms with Crippen molar-refractivity contribution >= 4 is 11.8 Å². The number of amides is 2. The smallest absolute Gasteiger partial charge is 0.309 e. The minimum atomic E-state index is -0.552. The van der Waals surface area contributed by atoms with Gasteiger partial charge in [0, 0.05) is 19.0 Å². The first kappa shape index (κ1) is 17.7. The summed E-state index contributed by atoms with van der Waals surface area (Å²) in [6.07, 6.45) is 3.79. The van der Waals surface area contributed by atoms with Crippen LogP contribution in [0.5, 0.6) is 0 Å². The number of benzene rings is 2. The van der Waals surface area contributed by atoms with Crippen molar-refractivity contribution < 1.29 is 9.59 Å². The van der Waals surface area contributed by atoms with Gasteiger partial charge in [-0.05, 0) is 53.5 Å². The van der Waals surface area contributed by atoms with Crippen LogP contribution < -0.4 is 16.4 Å². The van der Waals surface area contributed by atoms with E-state index in [2.05, 4.69) is 28.8 Å². The van der Waals surface area contributed by atoms with Gasteiger partial charge in [0.15, 0.2) is 0 Å². The Hall–Kier alpha value is -2.66. The molecular formula is C22H25N3O2. The number of hydrogen-bond acceptors (Lipinski definition) is 3. The highest BCUT2D eigenvalue weighted by Gasteiger charge is 2.28. The first-order valence-corrected chi connectivity index (χ1v) is 9.64. The molecule has 0 aromatic heterocycles. The largest absolute Gasteiger partial charge is 0.347 e. The highest BCUT2D eigenvalue weighted by atomic mass is 16.2. The Morgan fingerprint density at radius 2 is 1.89 bits per heavy atom. The van der Waals surface area contributed by atoms with Gasteiger partial charge in [0.1, 0.15) is 0 Å². The van der Waals surface area contributed by atoms with E-state index in [0.29, 0.717) is 19.0 Å². The molecule has 0 heterocycles. The highest BCUT2D eigenvalue weighted by molar-refractivity contribution is 6.35. The van der Waals surface area contributed by atoms with Crippen LogP contribution in [-0.4, -0.2) is 18.4 Å². The van der Waals surface area contributed by atoms with Crippen LogP contribution in [0.2, 0.25) is 0 Å². The van der Waals surface area contributed by atoms with E-state index in [-0.39, 0.29) is 6.04 Å². The number of carbonyl (C=O) groups is 2. The Morgan fingerprint density at radius 1 is 1.04 bits per heavy atom. The first-order chi connectivity index (χ1) is 13.2. The topological polar surface area (TPSA) is 84.2 Å². The number of carbonyl (C=O) groups excluding carboxylic acids is 2. The minimum Gasteiger partial charge on any atom is -0.347 e. The summed E-state index contributed by atoms with van der Waals surface area (Å²) in [6, 6.07) is 14.3. The molecule has 0 bridgehead atoms. The molecule has 2 amide bonds. The summed E-state index contributed by atoms with van der Waals surface area (Å²) >= 11 is 0. The average molecular weight is 363 g/mol. The molecule has 5 nitrogen and oxygen atoms in total. The first-order valence-electron chi connectivity index (χ1n) is 9.64. The predicted molar refractivity (Wildman–Crippen MR) is 104 cm³/mol. The van der Waals surface area contributed by atoms with Gasteiger partial charge in [-0.3, -0.25) is 9.59 Å². The Bertz CT molecular complexity index is 878. The van der Waals surface area contributed by atoms with Crippen molar-refractivity contribution in [3.8, 4) is 0 Å². The maximum atomic E-state index is 12.4. The molecule has 27 heavy (non-hydrogen) atoms. The molecule has 0 saturated heterocycles. The summed E-state index contributed by atoms with van der Waals surface area (Å²) in [7, 11) is 0. The zero-order chi connectivity index (χ0) is 18.8. The maximum Gasteiger partial charge on any atom is 0.309 e. The van der Waals surface area contributed by atoms with Crippen LogP contribution in [0.1, 0.15) is 52.6 Å². The van der Waals surface area contributed by atoms with Crippen molar-refractivity contribution in [3.63, 3.8) is 0 Å².